The van der Waals surface area contributed by atoms with E-state index < -0.39 is 6.29 Å². The highest BCUT2D eigenvalue weighted by Gasteiger charge is 2.23. The summed E-state index contributed by atoms with van der Waals surface area (Å²) in [7, 11) is 0. The second-order valence-electron chi connectivity index (χ2n) is 3.71. The van der Waals surface area contributed by atoms with E-state index in [1.54, 1.807) is 0 Å². The third-order valence-corrected chi connectivity index (χ3v) is 2.46. The summed E-state index contributed by atoms with van der Waals surface area (Å²) in [5.41, 5.74) is 1.46. The lowest BCUT2D eigenvalue weighted by atomic mass is 10.0. The molecule has 1 aliphatic heterocycles. The lowest BCUT2D eigenvalue weighted by molar-refractivity contribution is -0.113. The van der Waals surface area contributed by atoms with Crippen LogP contribution in [0.3, 0.4) is 0 Å². The molecule has 0 radical (unpaired) electrons. The first kappa shape index (κ1) is 10.8. The van der Waals surface area contributed by atoms with Crippen molar-refractivity contribution >= 4 is 11.5 Å². The number of benzene rings is 1. The quantitative estimate of drug-likeness (QED) is 0.829. The van der Waals surface area contributed by atoms with Crippen molar-refractivity contribution in [3.63, 3.8) is 0 Å². The Morgan fingerprint density at radius 3 is 2.81 bits per heavy atom. The van der Waals surface area contributed by atoms with Gasteiger partial charge in [-0.25, -0.2) is 0 Å². The van der Waals surface area contributed by atoms with Gasteiger partial charge in [-0.05, 0) is 12.0 Å². The van der Waals surface area contributed by atoms with E-state index in [9.17, 15) is 4.79 Å². The minimum atomic E-state index is -0.948. The number of carbonyl (C=O) groups is 1. The van der Waals surface area contributed by atoms with Crippen molar-refractivity contribution in [2.45, 2.75) is 25.6 Å². The molecule has 0 aromatic heterocycles. The number of oxime groups is 1. The van der Waals surface area contributed by atoms with Crippen LogP contribution in [0.4, 0.5) is 0 Å². The number of aliphatic hydroxyl groups is 1. The van der Waals surface area contributed by atoms with E-state index in [1.807, 2.05) is 30.3 Å². The second-order valence-corrected chi connectivity index (χ2v) is 3.71. The Kier molecular flexibility index (Phi) is 3.31. The zero-order valence-corrected chi connectivity index (χ0v) is 8.80. The van der Waals surface area contributed by atoms with E-state index in [4.69, 9.17) is 5.11 Å². The fourth-order valence-corrected chi connectivity index (χ4v) is 1.58. The van der Waals surface area contributed by atoms with E-state index in [2.05, 4.69) is 9.99 Å². The van der Waals surface area contributed by atoms with Gasteiger partial charge in [-0.15, -0.1) is 0 Å². The van der Waals surface area contributed by atoms with Crippen LogP contribution in [0.1, 0.15) is 18.4 Å². The first-order chi connectivity index (χ1) is 7.75. The van der Waals surface area contributed by atoms with Crippen LogP contribution in [0.25, 0.3) is 0 Å². The molecule has 1 aromatic rings. The number of rotatable bonds is 4. The lowest BCUT2D eigenvalue weighted by Crippen LogP contribution is -2.15. The predicted octanol–water partition coefficient (Wildman–Crippen LogP) is 1.28. The van der Waals surface area contributed by atoms with E-state index >= 15 is 0 Å². The average Bonchev–Trinajstić information content (AvgIpc) is 2.74. The molecule has 1 unspecified atom stereocenters. The van der Waals surface area contributed by atoms with Crippen LogP contribution in [-0.4, -0.2) is 22.9 Å². The topological polar surface area (TPSA) is 58.9 Å². The number of Topliss-reactive ketones (excluding diaryl/α,β-unsaturated/α-hetero) is 1. The van der Waals surface area contributed by atoms with Crippen LogP contribution in [0, 0.1) is 0 Å². The van der Waals surface area contributed by atoms with Gasteiger partial charge in [0.15, 0.2) is 5.78 Å². The molecule has 1 heterocycles. The lowest BCUT2D eigenvalue weighted by Gasteiger charge is -1.99. The summed E-state index contributed by atoms with van der Waals surface area (Å²) in [6.07, 6.45) is 0.345. The van der Waals surface area contributed by atoms with Crippen LogP contribution in [-0.2, 0) is 16.1 Å². The SMILES string of the molecule is O=C(CCc1ccccc1)C1=NOC(O)C1. The molecule has 1 N–H and O–H groups in total. The average molecular weight is 219 g/mol. The largest absolute Gasteiger partial charge is 0.363 e. The summed E-state index contributed by atoms with van der Waals surface area (Å²) < 4.78 is 0. The zero-order valence-electron chi connectivity index (χ0n) is 8.80. The van der Waals surface area contributed by atoms with Crippen molar-refractivity contribution < 1.29 is 14.7 Å². The maximum Gasteiger partial charge on any atom is 0.230 e. The van der Waals surface area contributed by atoms with Gasteiger partial charge in [0.05, 0.1) is 6.42 Å². The van der Waals surface area contributed by atoms with Crippen LogP contribution in [0.2, 0.25) is 0 Å². The van der Waals surface area contributed by atoms with Gasteiger partial charge in [-0.3, -0.25) is 4.79 Å². The molecule has 0 saturated carbocycles. The molecule has 84 valence electrons. The smallest absolute Gasteiger partial charge is 0.230 e. The molecular formula is C12H13NO3. The standard InChI is InChI=1S/C12H13NO3/c14-11(10-8-12(15)16-13-10)7-6-9-4-2-1-3-5-9/h1-5,12,15H,6-8H2. The summed E-state index contributed by atoms with van der Waals surface area (Å²) in [6, 6.07) is 9.79. The van der Waals surface area contributed by atoms with E-state index in [1.165, 1.54) is 0 Å². The summed E-state index contributed by atoms with van der Waals surface area (Å²) >= 11 is 0. The minimum Gasteiger partial charge on any atom is -0.363 e. The molecule has 16 heavy (non-hydrogen) atoms. The Balaban J connectivity index is 1.85. The number of nitrogens with zero attached hydrogens (tertiary/aromatic N) is 1. The number of hydrogen-bond acceptors (Lipinski definition) is 4. The van der Waals surface area contributed by atoms with E-state index in [0.717, 1.165) is 5.56 Å². The Bertz CT molecular complexity index is 400. The second kappa shape index (κ2) is 4.90. The molecule has 1 aliphatic rings. The predicted molar refractivity (Wildman–Crippen MR) is 58.9 cm³/mol. The van der Waals surface area contributed by atoms with Crippen molar-refractivity contribution in [3.8, 4) is 0 Å². The summed E-state index contributed by atoms with van der Waals surface area (Å²) in [5.74, 6) is -0.0552. The highest BCUT2D eigenvalue weighted by atomic mass is 16.7. The number of ketones is 1. The van der Waals surface area contributed by atoms with Gasteiger partial charge in [-0.2, -0.15) is 0 Å². The maximum atomic E-state index is 11.6. The zero-order chi connectivity index (χ0) is 11.4. The monoisotopic (exact) mass is 219 g/mol. The van der Waals surface area contributed by atoms with Crippen LogP contribution in [0.15, 0.2) is 35.5 Å². The Labute approximate surface area is 93.5 Å². The number of carbonyl (C=O) groups excluding carboxylic acids is 1. The molecule has 0 aliphatic carbocycles. The van der Waals surface area contributed by atoms with Gasteiger partial charge in [0.1, 0.15) is 5.71 Å². The van der Waals surface area contributed by atoms with Crippen LogP contribution < -0.4 is 0 Å². The molecule has 1 atom stereocenters. The molecule has 0 bridgehead atoms. The molecular weight excluding hydrogens is 206 g/mol. The van der Waals surface area contributed by atoms with Crippen molar-refractivity contribution in [1.29, 1.82) is 0 Å². The first-order valence-corrected chi connectivity index (χ1v) is 5.23. The van der Waals surface area contributed by atoms with Crippen molar-refractivity contribution in [3.05, 3.63) is 35.9 Å². The minimum absolute atomic E-state index is 0.0552. The highest BCUT2D eigenvalue weighted by molar-refractivity contribution is 6.40. The number of aliphatic hydroxyl groups excluding tert-OH is 1. The maximum absolute atomic E-state index is 11.6. The highest BCUT2D eigenvalue weighted by Crippen LogP contribution is 2.11. The normalized spacial score (nSPS) is 19.1. The summed E-state index contributed by atoms with van der Waals surface area (Å²) in [6.45, 7) is 0. The van der Waals surface area contributed by atoms with Crippen LogP contribution in [0.5, 0.6) is 0 Å². The summed E-state index contributed by atoms with van der Waals surface area (Å²) in [4.78, 5) is 16.2. The molecule has 4 nitrogen and oxygen atoms in total. The van der Waals surface area contributed by atoms with Gasteiger partial charge in [0.25, 0.3) is 0 Å². The Morgan fingerprint density at radius 1 is 1.44 bits per heavy atom. The fraction of sp³-hybridized carbons (Fsp3) is 0.333. The fourth-order valence-electron chi connectivity index (χ4n) is 1.58. The molecule has 4 heteroatoms. The number of hydrogen-bond donors (Lipinski definition) is 1. The van der Waals surface area contributed by atoms with Crippen molar-refractivity contribution in [1.82, 2.24) is 0 Å². The van der Waals surface area contributed by atoms with Gasteiger partial charge < -0.3 is 9.94 Å². The molecule has 2 rings (SSSR count). The van der Waals surface area contributed by atoms with Gasteiger partial charge in [0.2, 0.25) is 6.29 Å². The van der Waals surface area contributed by atoms with Crippen molar-refractivity contribution in [2.75, 3.05) is 0 Å². The molecule has 0 amide bonds. The molecule has 1 aromatic carbocycles. The van der Waals surface area contributed by atoms with Crippen molar-refractivity contribution in [2.24, 2.45) is 5.16 Å². The van der Waals surface area contributed by atoms with Gasteiger partial charge >= 0.3 is 0 Å². The van der Waals surface area contributed by atoms with Gasteiger partial charge in [-0.1, -0.05) is 35.5 Å². The summed E-state index contributed by atoms with van der Waals surface area (Å²) in [5, 5.41) is 12.6. The molecule has 0 spiro atoms. The molecule has 0 fully saturated rings. The van der Waals surface area contributed by atoms with E-state index in [-0.39, 0.29) is 12.2 Å². The van der Waals surface area contributed by atoms with Crippen LogP contribution >= 0.6 is 0 Å². The van der Waals surface area contributed by atoms with Gasteiger partial charge in [0, 0.05) is 6.42 Å². The van der Waals surface area contributed by atoms with E-state index in [0.29, 0.717) is 18.6 Å². The Hall–Kier alpha value is -1.68. The molecule has 0 saturated heterocycles. The third kappa shape index (κ3) is 2.67. The Morgan fingerprint density at radius 2 is 2.19 bits per heavy atom. The first-order valence-electron chi connectivity index (χ1n) is 5.23. The number of aryl methyl sites for hydroxylation is 1. The third-order valence-electron chi connectivity index (χ3n) is 2.46.